The minimum Gasteiger partial charge on any atom is -0.481 e. The Morgan fingerprint density at radius 2 is 2.00 bits per heavy atom. The SMILES string of the molecule is CN(C)CCC(C)(C(=O)O)c1ccncc1. The van der Waals surface area contributed by atoms with Crippen molar-refractivity contribution in [2.75, 3.05) is 20.6 Å². The maximum atomic E-state index is 11.4. The van der Waals surface area contributed by atoms with Crippen LogP contribution in [0.1, 0.15) is 18.9 Å². The molecule has 0 aliphatic rings. The second kappa shape index (κ2) is 5.07. The van der Waals surface area contributed by atoms with E-state index in [9.17, 15) is 9.90 Å². The quantitative estimate of drug-likeness (QED) is 0.817. The van der Waals surface area contributed by atoms with Crippen molar-refractivity contribution in [1.29, 1.82) is 0 Å². The van der Waals surface area contributed by atoms with Crippen LogP contribution in [0.5, 0.6) is 0 Å². The lowest BCUT2D eigenvalue weighted by Gasteiger charge is -2.26. The number of hydrogen-bond donors (Lipinski definition) is 1. The second-order valence-electron chi connectivity index (χ2n) is 4.43. The van der Waals surface area contributed by atoms with Crippen molar-refractivity contribution in [2.45, 2.75) is 18.8 Å². The Morgan fingerprint density at radius 3 is 2.44 bits per heavy atom. The van der Waals surface area contributed by atoms with Crippen LogP contribution in [0.15, 0.2) is 24.5 Å². The number of nitrogens with zero attached hydrogens (tertiary/aromatic N) is 2. The molecule has 1 N–H and O–H groups in total. The third-order valence-electron chi connectivity index (χ3n) is 2.85. The topological polar surface area (TPSA) is 53.4 Å². The van der Waals surface area contributed by atoms with E-state index in [1.165, 1.54) is 0 Å². The lowest BCUT2D eigenvalue weighted by Crippen LogP contribution is -2.35. The molecule has 1 atom stereocenters. The maximum Gasteiger partial charge on any atom is 0.313 e. The average molecular weight is 222 g/mol. The zero-order valence-corrected chi connectivity index (χ0v) is 9.97. The van der Waals surface area contributed by atoms with Crippen LogP contribution < -0.4 is 0 Å². The smallest absolute Gasteiger partial charge is 0.313 e. The molecule has 0 aromatic carbocycles. The minimum absolute atomic E-state index is 0.583. The molecule has 0 radical (unpaired) electrons. The number of pyridine rings is 1. The Labute approximate surface area is 95.9 Å². The van der Waals surface area contributed by atoms with Gasteiger partial charge in [0.05, 0.1) is 5.41 Å². The average Bonchev–Trinajstić information content (AvgIpc) is 2.26. The molecule has 0 fully saturated rings. The molecule has 0 saturated heterocycles. The van der Waals surface area contributed by atoms with Crippen molar-refractivity contribution in [3.05, 3.63) is 30.1 Å². The molecular weight excluding hydrogens is 204 g/mol. The van der Waals surface area contributed by atoms with E-state index < -0.39 is 11.4 Å². The molecule has 4 heteroatoms. The summed E-state index contributed by atoms with van der Waals surface area (Å²) in [4.78, 5) is 17.3. The number of carboxylic acid groups (broad SMARTS) is 1. The molecule has 1 unspecified atom stereocenters. The predicted molar refractivity (Wildman–Crippen MR) is 62.4 cm³/mol. The molecule has 4 nitrogen and oxygen atoms in total. The van der Waals surface area contributed by atoms with Gasteiger partial charge in [0.2, 0.25) is 0 Å². The van der Waals surface area contributed by atoms with Gasteiger partial charge in [0.25, 0.3) is 0 Å². The van der Waals surface area contributed by atoms with Crippen LogP contribution in [0.3, 0.4) is 0 Å². The maximum absolute atomic E-state index is 11.4. The lowest BCUT2D eigenvalue weighted by molar-refractivity contribution is -0.143. The number of hydrogen-bond acceptors (Lipinski definition) is 3. The molecule has 16 heavy (non-hydrogen) atoms. The van der Waals surface area contributed by atoms with Gasteiger partial charge in [-0.25, -0.2) is 0 Å². The summed E-state index contributed by atoms with van der Waals surface area (Å²) in [5, 5.41) is 9.36. The fraction of sp³-hybridized carbons (Fsp3) is 0.500. The summed E-state index contributed by atoms with van der Waals surface area (Å²) in [5.41, 5.74) is -0.0374. The number of aliphatic carboxylic acids is 1. The lowest BCUT2D eigenvalue weighted by atomic mass is 9.80. The number of carbonyl (C=O) groups is 1. The van der Waals surface area contributed by atoms with Crippen molar-refractivity contribution < 1.29 is 9.90 Å². The molecule has 0 spiro atoms. The Morgan fingerprint density at radius 1 is 1.44 bits per heavy atom. The van der Waals surface area contributed by atoms with E-state index in [-0.39, 0.29) is 0 Å². The molecule has 1 aromatic rings. The summed E-state index contributed by atoms with van der Waals surface area (Å²) in [7, 11) is 3.88. The van der Waals surface area contributed by atoms with Crippen molar-refractivity contribution in [1.82, 2.24) is 9.88 Å². The third kappa shape index (κ3) is 2.79. The van der Waals surface area contributed by atoms with Gasteiger partial charge in [-0.15, -0.1) is 0 Å². The molecule has 0 aliphatic carbocycles. The van der Waals surface area contributed by atoms with Crippen LogP contribution in [-0.4, -0.2) is 41.6 Å². The Hall–Kier alpha value is -1.42. The standard InChI is InChI=1S/C12H18N2O2/c1-12(11(15)16,6-9-14(2)3)10-4-7-13-8-5-10/h4-5,7-8H,6,9H2,1-3H3,(H,15,16). The highest BCUT2D eigenvalue weighted by Gasteiger charge is 2.34. The van der Waals surface area contributed by atoms with Gasteiger partial charge in [0, 0.05) is 12.4 Å². The highest BCUT2D eigenvalue weighted by atomic mass is 16.4. The Bertz CT molecular complexity index is 351. The molecule has 0 amide bonds. The monoisotopic (exact) mass is 222 g/mol. The van der Waals surface area contributed by atoms with Gasteiger partial charge < -0.3 is 10.0 Å². The fourth-order valence-electron chi connectivity index (χ4n) is 1.54. The van der Waals surface area contributed by atoms with Gasteiger partial charge in [-0.1, -0.05) is 0 Å². The van der Waals surface area contributed by atoms with E-state index in [1.54, 1.807) is 31.5 Å². The summed E-state index contributed by atoms with van der Waals surface area (Å²) in [6.45, 7) is 2.50. The number of rotatable bonds is 5. The highest BCUT2D eigenvalue weighted by molar-refractivity contribution is 5.80. The normalized spacial score (nSPS) is 14.8. The van der Waals surface area contributed by atoms with Crippen LogP contribution >= 0.6 is 0 Å². The molecule has 1 aromatic heterocycles. The van der Waals surface area contributed by atoms with Crippen molar-refractivity contribution in [3.63, 3.8) is 0 Å². The minimum atomic E-state index is -0.840. The van der Waals surface area contributed by atoms with Crippen LogP contribution in [0.2, 0.25) is 0 Å². The first-order valence-electron chi connectivity index (χ1n) is 5.25. The molecule has 88 valence electrons. The van der Waals surface area contributed by atoms with Crippen LogP contribution in [0, 0.1) is 0 Å². The van der Waals surface area contributed by atoms with Gasteiger partial charge in [0.1, 0.15) is 0 Å². The molecular formula is C12H18N2O2. The summed E-state index contributed by atoms with van der Waals surface area (Å²) in [6, 6.07) is 3.54. The first-order chi connectivity index (χ1) is 7.47. The van der Waals surface area contributed by atoms with E-state index in [1.807, 2.05) is 19.0 Å². The zero-order valence-electron chi connectivity index (χ0n) is 9.97. The zero-order chi connectivity index (χ0) is 12.2. The summed E-state index contributed by atoms with van der Waals surface area (Å²) in [5.74, 6) is -0.791. The second-order valence-corrected chi connectivity index (χ2v) is 4.43. The van der Waals surface area contributed by atoms with Crippen LogP contribution in [0.4, 0.5) is 0 Å². The van der Waals surface area contributed by atoms with Crippen LogP contribution in [0.25, 0.3) is 0 Å². The third-order valence-corrected chi connectivity index (χ3v) is 2.85. The summed E-state index contributed by atoms with van der Waals surface area (Å²) in [6.07, 6.45) is 3.84. The summed E-state index contributed by atoms with van der Waals surface area (Å²) >= 11 is 0. The molecule has 1 heterocycles. The van der Waals surface area contributed by atoms with Gasteiger partial charge in [-0.3, -0.25) is 9.78 Å². The first kappa shape index (κ1) is 12.6. The first-order valence-corrected chi connectivity index (χ1v) is 5.25. The van der Waals surface area contributed by atoms with Gasteiger partial charge in [0.15, 0.2) is 0 Å². The van der Waals surface area contributed by atoms with Crippen molar-refractivity contribution in [2.24, 2.45) is 0 Å². The van der Waals surface area contributed by atoms with E-state index in [2.05, 4.69) is 4.98 Å². The van der Waals surface area contributed by atoms with Gasteiger partial charge in [-0.05, 0) is 51.7 Å². The van der Waals surface area contributed by atoms with Crippen LogP contribution in [-0.2, 0) is 10.2 Å². The Balaban J connectivity index is 2.93. The largest absolute Gasteiger partial charge is 0.481 e. The molecule has 0 bridgehead atoms. The van der Waals surface area contributed by atoms with Crippen molar-refractivity contribution in [3.8, 4) is 0 Å². The molecule has 0 saturated carbocycles. The number of aromatic nitrogens is 1. The Kier molecular flexibility index (Phi) is 4.01. The van der Waals surface area contributed by atoms with Gasteiger partial charge in [-0.2, -0.15) is 0 Å². The van der Waals surface area contributed by atoms with E-state index in [0.717, 1.165) is 12.1 Å². The van der Waals surface area contributed by atoms with E-state index in [4.69, 9.17) is 0 Å². The van der Waals surface area contributed by atoms with E-state index in [0.29, 0.717) is 6.42 Å². The molecule has 1 rings (SSSR count). The number of carboxylic acids is 1. The molecule has 0 aliphatic heterocycles. The fourth-order valence-corrected chi connectivity index (χ4v) is 1.54. The van der Waals surface area contributed by atoms with Gasteiger partial charge >= 0.3 is 5.97 Å². The summed E-state index contributed by atoms with van der Waals surface area (Å²) < 4.78 is 0. The van der Waals surface area contributed by atoms with Crippen molar-refractivity contribution >= 4 is 5.97 Å². The van der Waals surface area contributed by atoms with E-state index >= 15 is 0 Å². The predicted octanol–water partition coefficient (Wildman–Crippen LogP) is 1.38. The highest BCUT2D eigenvalue weighted by Crippen LogP contribution is 2.27.